The van der Waals surface area contributed by atoms with E-state index in [2.05, 4.69) is 50.2 Å². The monoisotopic (exact) mass is 691 g/mol. The van der Waals surface area contributed by atoms with Crippen LogP contribution in [0.5, 0.6) is 0 Å². The molecule has 222 valence electrons. The van der Waals surface area contributed by atoms with E-state index in [4.69, 9.17) is 0 Å². The lowest BCUT2D eigenvalue weighted by atomic mass is 9.92. The molecule has 0 atom stereocenters. The van der Waals surface area contributed by atoms with E-state index >= 15 is 0 Å². The Balaban J connectivity index is 0.000000145. The van der Waals surface area contributed by atoms with Gasteiger partial charge in [-0.1, -0.05) is 52.3 Å². The fraction of sp³-hybridized carbons (Fsp3) is 0.171. The van der Waals surface area contributed by atoms with Crippen molar-refractivity contribution in [1.82, 2.24) is 9.80 Å². The summed E-state index contributed by atoms with van der Waals surface area (Å²) in [5.41, 5.74) is 8.64. The Morgan fingerprint density at radius 2 is 1.24 bits per heavy atom. The molecule has 0 aliphatic carbocycles. The number of benzene rings is 2. The summed E-state index contributed by atoms with van der Waals surface area (Å²) in [6.07, 6.45) is 5.61. The second kappa shape index (κ2) is 12.5. The zero-order valence-electron chi connectivity index (χ0n) is 24.1. The summed E-state index contributed by atoms with van der Waals surface area (Å²) in [5, 5.41) is 13.4. The molecular formula is C35H26BrN5O2S2. The minimum Gasteiger partial charge on any atom is -0.310 e. The molecule has 0 unspecified atom stereocenters. The number of hydrogen-bond donors (Lipinski definition) is 0. The molecule has 45 heavy (non-hydrogen) atoms. The van der Waals surface area contributed by atoms with E-state index in [1.807, 2.05) is 70.3 Å². The quantitative estimate of drug-likeness (QED) is 0.238. The number of halogens is 1. The predicted molar refractivity (Wildman–Crippen MR) is 184 cm³/mol. The topological polar surface area (TPSA) is 89.1 Å². The van der Waals surface area contributed by atoms with E-state index in [0.29, 0.717) is 25.1 Å². The van der Waals surface area contributed by atoms with Crippen LogP contribution in [-0.2, 0) is 22.4 Å². The highest BCUT2D eigenvalue weighted by Gasteiger charge is 2.30. The molecule has 0 bridgehead atoms. The Kier molecular flexibility index (Phi) is 8.15. The molecule has 0 radical (unpaired) electrons. The van der Waals surface area contributed by atoms with Crippen molar-refractivity contribution in [3.63, 3.8) is 0 Å². The largest absolute Gasteiger partial charge is 0.310 e. The first-order valence-electron chi connectivity index (χ1n) is 14.5. The highest BCUT2D eigenvalue weighted by molar-refractivity contribution is 9.10. The van der Waals surface area contributed by atoms with Gasteiger partial charge in [0.2, 0.25) is 11.8 Å². The molecule has 4 aliphatic heterocycles. The van der Waals surface area contributed by atoms with Gasteiger partial charge in [-0.2, -0.15) is 5.26 Å². The number of aliphatic imine (C=N–C) groups is 2. The third-order valence-electron chi connectivity index (χ3n) is 8.19. The summed E-state index contributed by atoms with van der Waals surface area (Å²) >= 11 is 6.89. The molecule has 6 heterocycles. The number of thiophene rings is 2. The minimum absolute atomic E-state index is 0.0100. The van der Waals surface area contributed by atoms with Gasteiger partial charge in [0.1, 0.15) is 13.1 Å². The van der Waals surface area contributed by atoms with Crippen molar-refractivity contribution in [2.24, 2.45) is 9.98 Å². The van der Waals surface area contributed by atoms with Gasteiger partial charge in [-0.05, 0) is 71.1 Å². The van der Waals surface area contributed by atoms with Crippen LogP contribution in [-0.4, -0.2) is 59.2 Å². The van der Waals surface area contributed by atoms with Crippen molar-refractivity contribution in [2.75, 3.05) is 26.2 Å². The molecule has 2 aromatic carbocycles. The molecule has 8 rings (SSSR count). The van der Waals surface area contributed by atoms with Gasteiger partial charge in [0.15, 0.2) is 0 Å². The number of carbonyl (C=O) groups is 2. The van der Waals surface area contributed by atoms with Crippen LogP contribution in [0.4, 0.5) is 0 Å². The normalized spacial score (nSPS) is 17.0. The molecule has 2 aromatic heterocycles. The van der Waals surface area contributed by atoms with Gasteiger partial charge in [0.05, 0.1) is 44.2 Å². The van der Waals surface area contributed by atoms with Gasteiger partial charge in [-0.15, -0.1) is 22.7 Å². The van der Waals surface area contributed by atoms with Crippen LogP contribution in [0.25, 0.3) is 11.4 Å². The van der Waals surface area contributed by atoms with Crippen LogP contribution < -0.4 is 0 Å². The van der Waals surface area contributed by atoms with E-state index in [0.717, 1.165) is 60.2 Å². The molecule has 4 aliphatic rings. The van der Waals surface area contributed by atoms with Crippen molar-refractivity contribution in [3.8, 4) is 6.07 Å². The first-order valence-corrected chi connectivity index (χ1v) is 17.1. The van der Waals surface area contributed by atoms with Gasteiger partial charge in [-0.25, -0.2) is 0 Å². The second-order valence-corrected chi connectivity index (χ2v) is 13.5. The Morgan fingerprint density at radius 3 is 1.78 bits per heavy atom. The zero-order valence-corrected chi connectivity index (χ0v) is 27.3. The lowest BCUT2D eigenvalue weighted by molar-refractivity contribution is -0.127. The first kappa shape index (κ1) is 29.3. The summed E-state index contributed by atoms with van der Waals surface area (Å²) < 4.78 is 1.11. The number of fused-ring (bicyclic) bond motifs is 6. The van der Waals surface area contributed by atoms with Crippen LogP contribution in [0, 0.1) is 11.3 Å². The van der Waals surface area contributed by atoms with Gasteiger partial charge < -0.3 is 9.80 Å². The Labute approximate surface area is 277 Å². The van der Waals surface area contributed by atoms with Crippen molar-refractivity contribution in [1.29, 1.82) is 5.26 Å². The number of nitriles is 1. The van der Waals surface area contributed by atoms with Gasteiger partial charge in [0, 0.05) is 28.7 Å². The van der Waals surface area contributed by atoms with Crippen LogP contribution in [0.15, 0.2) is 98.0 Å². The van der Waals surface area contributed by atoms with Crippen LogP contribution in [0.2, 0.25) is 0 Å². The molecule has 10 heteroatoms. The molecule has 2 amide bonds. The van der Waals surface area contributed by atoms with Crippen LogP contribution >= 0.6 is 38.6 Å². The Morgan fingerprint density at radius 1 is 0.711 bits per heavy atom. The summed E-state index contributed by atoms with van der Waals surface area (Å²) in [4.78, 5) is 39.7. The van der Waals surface area contributed by atoms with Crippen molar-refractivity contribution < 1.29 is 9.59 Å². The van der Waals surface area contributed by atoms with Crippen molar-refractivity contribution >= 4 is 73.2 Å². The van der Waals surface area contributed by atoms with E-state index in [9.17, 15) is 14.9 Å². The number of carbonyl (C=O) groups excluding carboxylic acids is 2. The SMILES string of the molecule is N#Cc1cccc2c1CCN1C(=O)CN=C(c3cccs3)C=C21.O=C1CN=C(c2cccs2)C=C2c3cccc(Br)c3CCN12. The standard InChI is InChI=1S/C18H13N3OS.C17H13BrN2OS/c19-10-12-3-1-4-14-13(12)6-7-21-16(14)9-15(20-11-18(21)22)17-5-2-8-23-17;18-13-4-1-3-12-11(13)6-7-20-15(12)9-14(19-10-17(20)21)16-5-2-8-22-16/h1-5,8-9H,6-7,11H2;1-5,8-9H,6-7,10H2. The summed E-state index contributed by atoms with van der Waals surface area (Å²) in [7, 11) is 0. The lowest BCUT2D eigenvalue weighted by Crippen LogP contribution is -2.36. The molecule has 0 N–H and O–H groups in total. The van der Waals surface area contributed by atoms with E-state index in [1.54, 1.807) is 27.6 Å². The zero-order chi connectivity index (χ0) is 30.9. The molecule has 4 aromatic rings. The number of amides is 2. The summed E-state index contributed by atoms with van der Waals surface area (Å²) in [5.74, 6) is 0.0826. The van der Waals surface area contributed by atoms with Crippen LogP contribution in [0.1, 0.15) is 37.6 Å². The smallest absolute Gasteiger partial charge is 0.248 e. The van der Waals surface area contributed by atoms with Gasteiger partial charge in [-0.3, -0.25) is 19.6 Å². The molecule has 0 spiro atoms. The number of hydrogen-bond acceptors (Lipinski definition) is 7. The number of rotatable bonds is 2. The fourth-order valence-corrected chi connectivity index (χ4v) is 8.01. The average molecular weight is 693 g/mol. The third kappa shape index (κ3) is 5.63. The second-order valence-electron chi connectivity index (χ2n) is 10.7. The van der Waals surface area contributed by atoms with E-state index in [-0.39, 0.29) is 24.9 Å². The summed E-state index contributed by atoms with van der Waals surface area (Å²) in [6, 6.07) is 22.2. The molecule has 7 nitrogen and oxygen atoms in total. The highest BCUT2D eigenvalue weighted by atomic mass is 79.9. The molecule has 0 saturated carbocycles. The van der Waals surface area contributed by atoms with Crippen molar-refractivity contribution in [3.05, 3.63) is 126 Å². The summed E-state index contributed by atoms with van der Waals surface area (Å²) in [6.45, 7) is 1.70. The van der Waals surface area contributed by atoms with Crippen molar-refractivity contribution in [2.45, 2.75) is 12.8 Å². The maximum atomic E-state index is 12.4. The number of allylic oxidation sites excluding steroid dienone is 2. The maximum Gasteiger partial charge on any atom is 0.248 e. The highest BCUT2D eigenvalue weighted by Crippen LogP contribution is 2.35. The molecule has 0 fully saturated rings. The average Bonchev–Trinajstić information content (AvgIpc) is 3.75. The van der Waals surface area contributed by atoms with E-state index < -0.39 is 0 Å². The Bertz CT molecular complexity index is 1980. The predicted octanol–water partition coefficient (Wildman–Crippen LogP) is 6.59. The third-order valence-corrected chi connectivity index (χ3v) is 10.7. The fourth-order valence-electron chi connectivity index (χ4n) is 6.04. The lowest BCUT2D eigenvalue weighted by Gasteiger charge is -2.31. The molecular weight excluding hydrogens is 666 g/mol. The maximum absolute atomic E-state index is 12.4. The first-order chi connectivity index (χ1) is 22.0. The minimum atomic E-state index is 0.0100. The molecule has 0 saturated heterocycles. The van der Waals surface area contributed by atoms with E-state index in [1.165, 1.54) is 5.56 Å². The van der Waals surface area contributed by atoms with Gasteiger partial charge in [0.25, 0.3) is 0 Å². The van der Waals surface area contributed by atoms with Gasteiger partial charge >= 0.3 is 0 Å². The van der Waals surface area contributed by atoms with Crippen LogP contribution in [0.3, 0.4) is 0 Å². The Hall–Kier alpha value is -4.43. The number of nitrogens with zero attached hydrogens (tertiary/aromatic N) is 5.